The van der Waals surface area contributed by atoms with E-state index in [1.165, 1.54) is 0 Å². The lowest BCUT2D eigenvalue weighted by atomic mass is 10.0. The molecule has 0 saturated heterocycles. The van der Waals surface area contributed by atoms with E-state index >= 15 is 0 Å². The van der Waals surface area contributed by atoms with Gasteiger partial charge in [0.05, 0.1) is 50.9 Å². The van der Waals surface area contributed by atoms with E-state index in [1.807, 2.05) is 42.5 Å². The minimum absolute atomic E-state index is 0.0859. The van der Waals surface area contributed by atoms with Crippen molar-refractivity contribution >= 4 is 16.9 Å². The summed E-state index contributed by atoms with van der Waals surface area (Å²) >= 11 is 0. The lowest BCUT2D eigenvalue weighted by Gasteiger charge is -2.15. The number of nitrogens with zero attached hydrogens (tertiary/aromatic N) is 2. The average Bonchev–Trinajstić information content (AvgIpc) is 3.48. The van der Waals surface area contributed by atoms with E-state index in [0.29, 0.717) is 51.0 Å². The zero-order valence-electron chi connectivity index (χ0n) is 22.0. The fourth-order valence-corrected chi connectivity index (χ4v) is 4.90. The van der Waals surface area contributed by atoms with Crippen molar-refractivity contribution in [3.05, 3.63) is 60.2 Å². The number of nitrogens with one attached hydrogen (secondary N) is 1. The standard InChI is InChI=1S/C30H31N3O5/c1-35-24-13-10-18(16-26(24)37-3)28-29(19-11-14-25(36-2)27(17-19)38-4)33-23-15-20(9-12-22(23)32-28)30(34)31-21-7-5-6-8-21/h9-17,21H,5-8H2,1-4H3,(H,31,34). The van der Waals surface area contributed by atoms with Crippen LogP contribution in [0.25, 0.3) is 33.5 Å². The van der Waals surface area contributed by atoms with Crippen molar-refractivity contribution in [3.8, 4) is 45.5 Å². The number of ether oxygens (including phenoxy) is 4. The second kappa shape index (κ2) is 11.0. The van der Waals surface area contributed by atoms with Gasteiger partial charge in [0.25, 0.3) is 5.91 Å². The molecule has 8 nitrogen and oxygen atoms in total. The Balaban J connectivity index is 1.65. The molecule has 1 N–H and O–H groups in total. The van der Waals surface area contributed by atoms with Crippen LogP contribution in [0.1, 0.15) is 36.0 Å². The minimum Gasteiger partial charge on any atom is -0.493 e. The Hall–Kier alpha value is -4.33. The normalized spacial score (nSPS) is 13.4. The smallest absolute Gasteiger partial charge is 0.251 e. The molecule has 196 valence electrons. The summed E-state index contributed by atoms with van der Waals surface area (Å²) in [5, 5.41) is 3.15. The van der Waals surface area contributed by atoms with Gasteiger partial charge in [-0.1, -0.05) is 12.8 Å². The molecule has 1 aromatic heterocycles. The first kappa shape index (κ1) is 25.3. The Morgan fingerprint density at radius 3 is 1.74 bits per heavy atom. The fourth-order valence-electron chi connectivity index (χ4n) is 4.90. The molecule has 38 heavy (non-hydrogen) atoms. The Morgan fingerprint density at radius 2 is 1.21 bits per heavy atom. The van der Waals surface area contributed by atoms with Crippen molar-refractivity contribution in [1.82, 2.24) is 15.3 Å². The molecule has 1 amide bonds. The van der Waals surface area contributed by atoms with E-state index in [-0.39, 0.29) is 11.9 Å². The Bertz CT molecular complexity index is 1480. The highest BCUT2D eigenvalue weighted by Crippen LogP contribution is 2.39. The summed E-state index contributed by atoms with van der Waals surface area (Å²) in [6.45, 7) is 0. The number of aromatic nitrogens is 2. The van der Waals surface area contributed by atoms with Crippen LogP contribution in [0, 0.1) is 0 Å². The molecular formula is C30H31N3O5. The number of benzene rings is 3. The molecule has 1 fully saturated rings. The molecule has 3 aromatic carbocycles. The molecule has 0 atom stereocenters. The number of carbonyl (C=O) groups is 1. The van der Waals surface area contributed by atoms with Crippen LogP contribution in [0.5, 0.6) is 23.0 Å². The molecule has 0 radical (unpaired) electrons. The molecule has 1 aliphatic rings. The van der Waals surface area contributed by atoms with Crippen LogP contribution in [-0.4, -0.2) is 50.4 Å². The van der Waals surface area contributed by atoms with Crippen LogP contribution in [-0.2, 0) is 0 Å². The van der Waals surface area contributed by atoms with Gasteiger partial charge in [-0.25, -0.2) is 9.97 Å². The Labute approximate surface area is 221 Å². The van der Waals surface area contributed by atoms with Crippen LogP contribution in [0.2, 0.25) is 0 Å². The van der Waals surface area contributed by atoms with Gasteiger partial charge in [0.1, 0.15) is 0 Å². The number of hydrogen-bond donors (Lipinski definition) is 1. The van der Waals surface area contributed by atoms with E-state index in [4.69, 9.17) is 28.9 Å². The van der Waals surface area contributed by atoms with Gasteiger partial charge in [0.2, 0.25) is 0 Å². The summed E-state index contributed by atoms with van der Waals surface area (Å²) in [4.78, 5) is 23.0. The zero-order chi connectivity index (χ0) is 26.6. The molecule has 5 rings (SSSR count). The van der Waals surface area contributed by atoms with Crippen molar-refractivity contribution in [2.45, 2.75) is 31.7 Å². The molecular weight excluding hydrogens is 482 g/mol. The topological polar surface area (TPSA) is 91.8 Å². The average molecular weight is 514 g/mol. The predicted octanol–water partition coefficient (Wildman–Crippen LogP) is 5.67. The monoisotopic (exact) mass is 513 g/mol. The fraction of sp³-hybridized carbons (Fsp3) is 0.300. The summed E-state index contributed by atoms with van der Waals surface area (Å²) < 4.78 is 21.9. The number of fused-ring (bicyclic) bond motifs is 1. The molecule has 8 heteroatoms. The van der Waals surface area contributed by atoms with Crippen molar-refractivity contribution in [1.29, 1.82) is 0 Å². The van der Waals surface area contributed by atoms with Crippen LogP contribution in [0.3, 0.4) is 0 Å². The molecule has 4 aromatic rings. The zero-order valence-corrected chi connectivity index (χ0v) is 22.0. The number of amides is 1. The summed E-state index contributed by atoms with van der Waals surface area (Å²) in [7, 11) is 6.39. The molecule has 0 aliphatic heterocycles. The number of carbonyl (C=O) groups excluding carboxylic acids is 1. The molecule has 0 spiro atoms. The SMILES string of the molecule is COc1ccc(-c2nc3ccc(C(=O)NC4CCCC4)cc3nc2-c2ccc(OC)c(OC)c2)cc1OC. The Morgan fingerprint density at radius 1 is 0.684 bits per heavy atom. The summed E-state index contributed by atoms with van der Waals surface area (Å²) in [5.41, 5.74) is 4.77. The van der Waals surface area contributed by atoms with Crippen molar-refractivity contribution in [2.24, 2.45) is 0 Å². The lowest BCUT2D eigenvalue weighted by Crippen LogP contribution is -2.32. The van der Waals surface area contributed by atoms with E-state index in [0.717, 1.165) is 36.8 Å². The highest BCUT2D eigenvalue weighted by Gasteiger charge is 2.20. The van der Waals surface area contributed by atoms with Crippen LogP contribution in [0.4, 0.5) is 0 Å². The third-order valence-corrected chi connectivity index (χ3v) is 6.93. The summed E-state index contributed by atoms with van der Waals surface area (Å²) in [6.07, 6.45) is 4.36. The predicted molar refractivity (Wildman–Crippen MR) is 146 cm³/mol. The maximum atomic E-state index is 13.0. The number of methoxy groups -OCH3 is 4. The largest absolute Gasteiger partial charge is 0.493 e. The quantitative estimate of drug-likeness (QED) is 0.325. The van der Waals surface area contributed by atoms with Gasteiger partial charge in [-0.3, -0.25) is 4.79 Å². The van der Waals surface area contributed by atoms with Gasteiger partial charge in [0, 0.05) is 22.7 Å². The summed E-state index contributed by atoms with van der Waals surface area (Å²) in [6, 6.07) is 16.9. The van der Waals surface area contributed by atoms with Crippen molar-refractivity contribution < 1.29 is 23.7 Å². The van der Waals surface area contributed by atoms with E-state index in [2.05, 4.69) is 5.32 Å². The molecule has 0 unspecified atom stereocenters. The first-order chi connectivity index (χ1) is 18.5. The molecule has 0 bridgehead atoms. The van der Waals surface area contributed by atoms with Crippen LogP contribution in [0.15, 0.2) is 54.6 Å². The van der Waals surface area contributed by atoms with E-state index in [9.17, 15) is 4.79 Å². The second-order valence-corrected chi connectivity index (χ2v) is 9.22. The van der Waals surface area contributed by atoms with Gasteiger partial charge in [-0.05, 0) is 67.4 Å². The van der Waals surface area contributed by atoms with Crippen molar-refractivity contribution in [2.75, 3.05) is 28.4 Å². The third kappa shape index (κ3) is 4.94. The molecule has 1 saturated carbocycles. The maximum absolute atomic E-state index is 13.0. The van der Waals surface area contributed by atoms with Crippen molar-refractivity contribution in [3.63, 3.8) is 0 Å². The third-order valence-electron chi connectivity index (χ3n) is 6.93. The lowest BCUT2D eigenvalue weighted by molar-refractivity contribution is 0.0938. The van der Waals surface area contributed by atoms with Gasteiger partial charge in [0.15, 0.2) is 23.0 Å². The highest BCUT2D eigenvalue weighted by molar-refractivity contribution is 5.98. The first-order valence-electron chi connectivity index (χ1n) is 12.6. The number of hydrogen-bond acceptors (Lipinski definition) is 7. The molecule has 1 aliphatic carbocycles. The molecule has 1 heterocycles. The van der Waals surface area contributed by atoms with Crippen LogP contribution < -0.4 is 24.3 Å². The second-order valence-electron chi connectivity index (χ2n) is 9.22. The highest BCUT2D eigenvalue weighted by atomic mass is 16.5. The van der Waals surface area contributed by atoms with Gasteiger partial charge >= 0.3 is 0 Å². The Kier molecular flexibility index (Phi) is 7.31. The van der Waals surface area contributed by atoms with Gasteiger partial charge in [-0.15, -0.1) is 0 Å². The van der Waals surface area contributed by atoms with E-state index in [1.54, 1.807) is 40.6 Å². The van der Waals surface area contributed by atoms with Gasteiger partial charge in [-0.2, -0.15) is 0 Å². The van der Waals surface area contributed by atoms with E-state index < -0.39 is 0 Å². The first-order valence-corrected chi connectivity index (χ1v) is 12.6. The van der Waals surface area contributed by atoms with Gasteiger partial charge < -0.3 is 24.3 Å². The number of rotatable bonds is 8. The summed E-state index contributed by atoms with van der Waals surface area (Å²) in [5.74, 6) is 2.32. The van der Waals surface area contributed by atoms with Crippen LogP contribution >= 0.6 is 0 Å². The minimum atomic E-state index is -0.0859. The maximum Gasteiger partial charge on any atom is 0.251 e.